The number of carbonyl (C=O) groups is 2. The maximum Gasteiger partial charge on any atom is 1.00 e. The van der Waals surface area contributed by atoms with Crippen LogP contribution in [-0.2, 0) is 27.7 Å². The molecule has 132 valence electrons. The molecule has 0 radical (unpaired) electrons. The van der Waals surface area contributed by atoms with Gasteiger partial charge in [-0.1, -0.05) is 38.1 Å². The number of hydrogen-bond donors (Lipinski definition) is 2. The van der Waals surface area contributed by atoms with Gasteiger partial charge in [0.25, 0.3) is 0 Å². The number of benzene rings is 2. The third-order valence-electron chi connectivity index (χ3n) is 2.83. The second-order valence-electron chi connectivity index (χ2n) is 4.47. The van der Waals surface area contributed by atoms with Crippen molar-refractivity contribution in [1.29, 1.82) is 0 Å². The van der Waals surface area contributed by atoms with Crippen LogP contribution in [0.25, 0.3) is 0 Å². The van der Waals surface area contributed by atoms with E-state index in [1.165, 1.54) is 0 Å². The first-order valence-corrected chi connectivity index (χ1v) is 9.38. The Bertz CT molecular complexity index is 645. The molecule has 2 N–H and O–H groups in total. The van der Waals surface area contributed by atoms with Crippen LogP contribution in [0.2, 0.25) is 0 Å². The zero-order valence-electron chi connectivity index (χ0n) is 16.3. The topological polar surface area (TPSA) is 74.6 Å². The van der Waals surface area contributed by atoms with E-state index in [-0.39, 0.29) is 58.7 Å². The van der Waals surface area contributed by atoms with E-state index in [1.54, 1.807) is 47.8 Å². The molecule has 0 saturated carbocycles. The van der Waals surface area contributed by atoms with Gasteiger partial charge in [-0.05, 0) is 35.8 Å². The van der Waals surface area contributed by atoms with Crippen molar-refractivity contribution in [2.45, 2.75) is 23.6 Å². The van der Waals surface area contributed by atoms with Gasteiger partial charge in [0.1, 0.15) is 0 Å². The van der Waals surface area contributed by atoms with Crippen molar-refractivity contribution >= 4 is 35.5 Å². The molecule has 4 nitrogen and oxygen atoms in total. The number of thioether (sulfide) groups is 2. The van der Waals surface area contributed by atoms with Crippen LogP contribution in [-0.4, -0.2) is 33.7 Å². The maximum atomic E-state index is 10.7. The number of carboxylic acids is 2. The number of carboxylic acid groups (broad SMARTS) is 2. The maximum absolute atomic E-state index is 10.7. The van der Waals surface area contributed by atoms with Gasteiger partial charge in [-0.3, -0.25) is 0 Å². The summed E-state index contributed by atoms with van der Waals surface area (Å²) >= 11 is 3.10. The first-order chi connectivity index (χ1) is 11.5. The third-order valence-corrected chi connectivity index (χ3v) is 4.75. The summed E-state index contributed by atoms with van der Waals surface area (Å²) in [6, 6.07) is 14.1. The van der Waals surface area contributed by atoms with Crippen LogP contribution < -0.4 is 29.6 Å². The molecule has 2 rings (SSSR count). The van der Waals surface area contributed by atoms with E-state index in [9.17, 15) is 9.59 Å². The standard InChI is InChI=1S/2C9H10O2S.Hg.Na.H/c2*1-2-12-8-6-4-3-5-7(8)9(10)11;;;/h2*3-6H,2H2,1H3,(H,10,11);;;/q;;;+1;-1. The molecule has 0 heterocycles. The molecule has 26 heavy (non-hydrogen) atoms. The quantitative estimate of drug-likeness (QED) is 0.398. The molecule has 0 unspecified atom stereocenters. The van der Waals surface area contributed by atoms with Gasteiger partial charge in [-0.25, -0.2) is 9.59 Å². The van der Waals surface area contributed by atoms with E-state index in [0.29, 0.717) is 11.1 Å². The van der Waals surface area contributed by atoms with Gasteiger partial charge in [-0.2, -0.15) is 0 Å². The second-order valence-corrected chi connectivity index (χ2v) is 7.08. The fraction of sp³-hybridized carbons (Fsp3) is 0.222. The summed E-state index contributed by atoms with van der Waals surface area (Å²) in [5.74, 6) is 0.0762. The molecule has 0 spiro atoms. The van der Waals surface area contributed by atoms with Gasteiger partial charge in [-0.15, -0.1) is 23.5 Å². The van der Waals surface area contributed by atoms with Crippen LogP contribution in [0.4, 0.5) is 0 Å². The van der Waals surface area contributed by atoms with Crippen molar-refractivity contribution in [3.8, 4) is 0 Å². The third kappa shape index (κ3) is 9.81. The Balaban J connectivity index is -0.000000384. The summed E-state index contributed by atoms with van der Waals surface area (Å²) in [5, 5.41) is 17.6. The summed E-state index contributed by atoms with van der Waals surface area (Å²) in [6.07, 6.45) is 0. The Hall–Kier alpha value is 0.0151. The van der Waals surface area contributed by atoms with Gasteiger partial charge in [0, 0.05) is 37.5 Å². The minimum atomic E-state index is -0.855. The van der Waals surface area contributed by atoms with Crippen molar-refractivity contribution in [3.05, 3.63) is 59.7 Å². The van der Waals surface area contributed by atoms with E-state index < -0.39 is 11.9 Å². The predicted octanol–water partition coefficient (Wildman–Crippen LogP) is 2.11. The van der Waals surface area contributed by atoms with Crippen molar-refractivity contribution in [1.82, 2.24) is 0 Å². The number of aromatic carboxylic acids is 2. The van der Waals surface area contributed by atoms with Crippen LogP contribution in [0.1, 0.15) is 36.0 Å². The first-order valence-electron chi connectivity index (χ1n) is 7.41. The minimum Gasteiger partial charge on any atom is -1.00 e. The van der Waals surface area contributed by atoms with Crippen LogP contribution in [0.3, 0.4) is 0 Å². The largest absolute Gasteiger partial charge is 1.00 e. The average Bonchev–Trinajstić information content (AvgIpc) is 2.57. The van der Waals surface area contributed by atoms with Gasteiger partial charge < -0.3 is 11.6 Å². The minimum absolute atomic E-state index is 0. The van der Waals surface area contributed by atoms with Gasteiger partial charge in [0.15, 0.2) is 0 Å². The molecular formula is C18H21HgNaO4S2. The van der Waals surface area contributed by atoms with Gasteiger partial charge in [0.2, 0.25) is 0 Å². The normalized spacial score (nSPS) is 9.00. The molecule has 0 atom stereocenters. The van der Waals surface area contributed by atoms with Crippen LogP contribution >= 0.6 is 23.5 Å². The average molecular weight is 589 g/mol. The van der Waals surface area contributed by atoms with Crippen molar-refractivity contribution < 1.29 is 78.5 Å². The molecule has 2 aromatic carbocycles. The molecule has 0 saturated heterocycles. The smallest absolute Gasteiger partial charge is 1.00 e. The van der Waals surface area contributed by atoms with E-state index >= 15 is 0 Å². The SMILES string of the molecule is CCSc1ccccc1C(=O)O.CCSc1ccccc1C(=O)O.[H-].[Hg].[Na+]. The Morgan fingerprint density at radius 1 is 0.808 bits per heavy atom. The summed E-state index contributed by atoms with van der Waals surface area (Å²) in [7, 11) is 0. The van der Waals surface area contributed by atoms with E-state index in [4.69, 9.17) is 10.2 Å². The molecular weight excluding hydrogens is 568 g/mol. The first kappa shape index (κ1) is 28.2. The molecule has 0 aliphatic heterocycles. The monoisotopic (exact) mass is 590 g/mol. The number of rotatable bonds is 6. The molecule has 8 heteroatoms. The Kier molecular flexibility index (Phi) is 17.4. The molecule has 2 aromatic rings. The number of hydrogen-bond acceptors (Lipinski definition) is 4. The fourth-order valence-corrected chi connectivity index (χ4v) is 3.44. The van der Waals surface area contributed by atoms with Crippen LogP contribution in [0.15, 0.2) is 58.3 Å². The van der Waals surface area contributed by atoms with Crippen molar-refractivity contribution in [2.24, 2.45) is 0 Å². The van der Waals surface area contributed by atoms with Crippen LogP contribution in [0, 0.1) is 0 Å². The van der Waals surface area contributed by atoms with Crippen molar-refractivity contribution in [3.63, 3.8) is 0 Å². The van der Waals surface area contributed by atoms with Gasteiger partial charge >= 0.3 is 41.5 Å². The Morgan fingerprint density at radius 3 is 1.38 bits per heavy atom. The summed E-state index contributed by atoms with van der Waals surface area (Å²) in [6.45, 7) is 4.01. The zero-order chi connectivity index (χ0) is 17.9. The predicted molar refractivity (Wildman–Crippen MR) is 101 cm³/mol. The molecule has 0 aliphatic rings. The Labute approximate surface area is 206 Å². The summed E-state index contributed by atoms with van der Waals surface area (Å²) in [4.78, 5) is 23.0. The van der Waals surface area contributed by atoms with E-state index in [1.807, 2.05) is 38.1 Å². The van der Waals surface area contributed by atoms with Crippen molar-refractivity contribution in [2.75, 3.05) is 11.5 Å². The molecule has 0 aliphatic carbocycles. The van der Waals surface area contributed by atoms with E-state index in [0.717, 1.165) is 21.3 Å². The fourth-order valence-electron chi connectivity index (χ4n) is 1.85. The molecule has 0 aromatic heterocycles. The molecule has 0 bridgehead atoms. The molecule has 0 fully saturated rings. The van der Waals surface area contributed by atoms with Crippen LogP contribution in [0.5, 0.6) is 0 Å². The second kappa shape index (κ2) is 16.0. The molecule has 0 amide bonds. The van der Waals surface area contributed by atoms with E-state index in [2.05, 4.69) is 0 Å². The Morgan fingerprint density at radius 2 is 1.12 bits per heavy atom. The summed E-state index contributed by atoms with van der Waals surface area (Å²) < 4.78 is 0. The summed E-state index contributed by atoms with van der Waals surface area (Å²) in [5.41, 5.74) is 0.786. The van der Waals surface area contributed by atoms with Gasteiger partial charge in [0.05, 0.1) is 11.1 Å². The zero-order valence-corrected chi connectivity index (χ0v) is 24.4.